The van der Waals surface area contributed by atoms with E-state index in [-0.39, 0.29) is 17.7 Å². The Labute approximate surface area is 111 Å². The molecule has 2 rings (SSSR count). The van der Waals surface area contributed by atoms with Gasteiger partial charge in [0.15, 0.2) is 0 Å². The summed E-state index contributed by atoms with van der Waals surface area (Å²) in [5.41, 5.74) is 6.25. The van der Waals surface area contributed by atoms with E-state index in [1.54, 1.807) is 11.0 Å². The van der Waals surface area contributed by atoms with Crippen LogP contribution in [0.5, 0.6) is 0 Å². The lowest BCUT2D eigenvalue weighted by Crippen LogP contribution is -2.43. The quantitative estimate of drug-likeness (QED) is 0.902. The maximum atomic E-state index is 11.8. The lowest BCUT2D eigenvalue weighted by atomic mass is 9.96. The lowest BCUT2D eigenvalue weighted by Gasteiger charge is -2.31. The molecule has 2 amide bonds. The number of hydrogen-bond donors (Lipinski definition) is 1. The van der Waals surface area contributed by atoms with E-state index in [1.165, 1.54) is 0 Å². The molecule has 1 heterocycles. The summed E-state index contributed by atoms with van der Waals surface area (Å²) in [5.74, 6) is -0.507. The van der Waals surface area contributed by atoms with Gasteiger partial charge in [0.1, 0.15) is 0 Å². The molecule has 0 spiro atoms. The molecule has 0 bridgehead atoms. The first-order valence-corrected chi connectivity index (χ1v) is 6.25. The maximum Gasteiger partial charge on any atom is 0.222 e. The van der Waals surface area contributed by atoms with Crippen molar-refractivity contribution in [3.05, 3.63) is 34.9 Å². The fraction of sp³-hybridized carbons (Fsp3) is 0.385. The highest BCUT2D eigenvalue weighted by molar-refractivity contribution is 6.30. The number of halogens is 1. The first kappa shape index (κ1) is 12.9. The molecule has 0 unspecified atom stereocenters. The third-order valence-corrected chi connectivity index (χ3v) is 3.40. The van der Waals surface area contributed by atoms with Gasteiger partial charge in [-0.2, -0.15) is 0 Å². The molecule has 1 aromatic rings. The Morgan fingerprint density at radius 1 is 1.50 bits per heavy atom. The number of hydrogen-bond acceptors (Lipinski definition) is 2. The molecule has 2 N–H and O–H groups in total. The number of amides is 2. The molecular formula is C13H15ClN2O2. The number of benzene rings is 1. The van der Waals surface area contributed by atoms with E-state index in [0.717, 1.165) is 5.56 Å². The van der Waals surface area contributed by atoms with Gasteiger partial charge in [-0.05, 0) is 24.1 Å². The molecule has 0 radical (unpaired) electrons. The number of primary amides is 1. The molecule has 0 saturated carbocycles. The topological polar surface area (TPSA) is 63.4 Å². The van der Waals surface area contributed by atoms with Gasteiger partial charge >= 0.3 is 0 Å². The first-order valence-electron chi connectivity index (χ1n) is 5.88. The van der Waals surface area contributed by atoms with Gasteiger partial charge in [0, 0.05) is 24.5 Å². The van der Waals surface area contributed by atoms with Crippen molar-refractivity contribution >= 4 is 23.4 Å². The van der Waals surface area contributed by atoms with Gasteiger partial charge in [0.2, 0.25) is 11.8 Å². The number of nitrogens with two attached hydrogens (primary N) is 1. The molecule has 18 heavy (non-hydrogen) atoms. The van der Waals surface area contributed by atoms with E-state index in [2.05, 4.69) is 0 Å². The van der Waals surface area contributed by atoms with Crippen LogP contribution in [0.2, 0.25) is 5.02 Å². The normalized spacial score (nSPS) is 19.9. The summed E-state index contributed by atoms with van der Waals surface area (Å²) in [6.45, 7) is 0.879. The average Bonchev–Trinajstić information content (AvgIpc) is 2.31. The monoisotopic (exact) mass is 266 g/mol. The van der Waals surface area contributed by atoms with Crippen LogP contribution in [0.4, 0.5) is 0 Å². The van der Waals surface area contributed by atoms with Gasteiger partial charge in [-0.25, -0.2) is 0 Å². The molecule has 96 valence electrons. The second-order valence-corrected chi connectivity index (χ2v) is 4.98. The minimum Gasteiger partial charge on any atom is -0.369 e. The second kappa shape index (κ2) is 5.40. The largest absolute Gasteiger partial charge is 0.369 e. The standard InChI is InChI=1S/C13H15ClN2O2/c14-11-3-1-2-9(6-11)7-16-8-10(13(15)18)4-5-12(16)17/h1-3,6,10H,4-5,7-8H2,(H2,15,18)/t10-/m0/s1. The zero-order valence-electron chi connectivity index (χ0n) is 9.93. The summed E-state index contributed by atoms with van der Waals surface area (Å²) in [6.07, 6.45) is 0.939. The summed E-state index contributed by atoms with van der Waals surface area (Å²) in [5, 5.41) is 0.642. The minimum absolute atomic E-state index is 0.0625. The Hall–Kier alpha value is -1.55. The first-order chi connectivity index (χ1) is 8.56. The third-order valence-electron chi connectivity index (χ3n) is 3.16. The van der Waals surface area contributed by atoms with E-state index in [0.29, 0.717) is 31.0 Å². The smallest absolute Gasteiger partial charge is 0.222 e. The van der Waals surface area contributed by atoms with Crippen LogP contribution in [0.15, 0.2) is 24.3 Å². The van der Waals surface area contributed by atoms with Gasteiger partial charge in [-0.1, -0.05) is 23.7 Å². The maximum absolute atomic E-state index is 11.8. The van der Waals surface area contributed by atoms with Gasteiger partial charge in [-0.15, -0.1) is 0 Å². The molecule has 5 heteroatoms. The van der Waals surface area contributed by atoms with E-state index >= 15 is 0 Å². The van der Waals surface area contributed by atoms with Crippen LogP contribution in [0, 0.1) is 5.92 Å². The van der Waals surface area contributed by atoms with Gasteiger partial charge < -0.3 is 10.6 Å². The number of nitrogens with zero attached hydrogens (tertiary/aromatic N) is 1. The molecule has 1 aliphatic heterocycles. The Bertz CT molecular complexity index is 476. The van der Waals surface area contributed by atoms with E-state index in [4.69, 9.17) is 17.3 Å². The molecule has 4 nitrogen and oxygen atoms in total. The predicted molar refractivity (Wildman–Crippen MR) is 68.8 cm³/mol. The van der Waals surface area contributed by atoms with Crippen LogP contribution in [0.3, 0.4) is 0 Å². The van der Waals surface area contributed by atoms with Crippen LogP contribution in [-0.4, -0.2) is 23.3 Å². The molecule has 0 aromatic heterocycles. The molecule has 1 atom stereocenters. The van der Waals surface area contributed by atoms with Crippen LogP contribution >= 0.6 is 11.6 Å². The minimum atomic E-state index is -0.335. The predicted octanol–water partition coefficient (Wildman–Crippen LogP) is 1.56. The van der Waals surface area contributed by atoms with E-state index in [1.807, 2.05) is 18.2 Å². The van der Waals surface area contributed by atoms with Crippen molar-refractivity contribution in [3.63, 3.8) is 0 Å². The molecule has 1 fully saturated rings. The summed E-state index contributed by atoms with van der Waals surface area (Å²) in [6, 6.07) is 7.36. The Morgan fingerprint density at radius 2 is 2.28 bits per heavy atom. The SMILES string of the molecule is NC(=O)[C@H]1CCC(=O)N(Cc2cccc(Cl)c2)C1. The second-order valence-electron chi connectivity index (χ2n) is 4.54. The van der Waals surface area contributed by atoms with E-state index < -0.39 is 0 Å². The van der Waals surface area contributed by atoms with Crippen LogP contribution in [-0.2, 0) is 16.1 Å². The van der Waals surface area contributed by atoms with Gasteiger partial charge in [0.25, 0.3) is 0 Å². The van der Waals surface area contributed by atoms with Crippen molar-refractivity contribution in [2.75, 3.05) is 6.54 Å². The van der Waals surface area contributed by atoms with Crippen molar-refractivity contribution in [2.24, 2.45) is 11.7 Å². The van der Waals surface area contributed by atoms with Crippen LogP contribution in [0.25, 0.3) is 0 Å². The fourth-order valence-electron chi connectivity index (χ4n) is 2.16. The van der Waals surface area contributed by atoms with Crippen LogP contribution < -0.4 is 5.73 Å². The van der Waals surface area contributed by atoms with Gasteiger partial charge in [-0.3, -0.25) is 9.59 Å². The Balaban J connectivity index is 2.07. The number of rotatable bonds is 3. The van der Waals surface area contributed by atoms with Crippen molar-refractivity contribution in [2.45, 2.75) is 19.4 Å². The third kappa shape index (κ3) is 3.01. The number of likely N-dealkylation sites (tertiary alicyclic amines) is 1. The summed E-state index contributed by atoms with van der Waals surface area (Å²) >= 11 is 5.90. The molecule has 0 aliphatic carbocycles. The highest BCUT2D eigenvalue weighted by atomic mass is 35.5. The highest BCUT2D eigenvalue weighted by Crippen LogP contribution is 2.20. The zero-order valence-corrected chi connectivity index (χ0v) is 10.7. The van der Waals surface area contributed by atoms with Crippen LogP contribution in [0.1, 0.15) is 18.4 Å². The summed E-state index contributed by atoms with van der Waals surface area (Å²) in [7, 11) is 0. The number of carbonyl (C=O) groups excluding carboxylic acids is 2. The number of carbonyl (C=O) groups is 2. The molecule has 1 aromatic carbocycles. The molecular weight excluding hydrogens is 252 g/mol. The Morgan fingerprint density at radius 3 is 2.94 bits per heavy atom. The molecule has 1 aliphatic rings. The number of piperidine rings is 1. The summed E-state index contributed by atoms with van der Waals surface area (Å²) in [4.78, 5) is 24.6. The van der Waals surface area contributed by atoms with E-state index in [9.17, 15) is 9.59 Å². The average molecular weight is 267 g/mol. The van der Waals surface area contributed by atoms with Gasteiger partial charge in [0.05, 0.1) is 5.92 Å². The highest BCUT2D eigenvalue weighted by Gasteiger charge is 2.28. The van der Waals surface area contributed by atoms with Crippen molar-refractivity contribution in [3.8, 4) is 0 Å². The molecule has 1 saturated heterocycles. The van der Waals surface area contributed by atoms with Crippen molar-refractivity contribution in [1.82, 2.24) is 4.90 Å². The fourth-order valence-corrected chi connectivity index (χ4v) is 2.37. The Kier molecular flexibility index (Phi) is 3.87. The van der Waals surface area contributed by atoms with Crippen molar-refractivity contribution in [1.29, 1.82) is 0 Å². The zero-order chi connectivity index (χ0) is 13.1. The summed E-state index contributed by atoms with van der Waals surface area (Å²) < 4.78 is 0. The van der Waals surface area contributed by atoms with Crippen molar-refractivity contribution < 1.29 is 9.59 Å². The lowest BCUT2D eigenvalue weighted by molar-refractivity contribution is -0.138.